The molecule has 0 amide bonds. The third-order valence-electron chi connectivity index (χ3n) is 4.38. The molecule has 31 heavy (non-hydrogen) atoms. The maximum Gasteiger partial charge on any atom is 0.330 e. The Kier molecular flexibility index (Phi) is 7.41. The molecule has 0 spiro atoms. The van der Waals surface area contributed by atoms with Gasteiger partial charge in [0.15, 0.2) is 0 Å². The summed E-state index contributed by atoms with van der Waals surface area (Å²) in [6.07, 6.45) is -0.0418. The minimum Gasteiger partial charge on any atom is -0.490 e. The lowest BCUT2D eigenvalue weighted by Gasteiger charge is -2.15. The Balaban J connectivity index is 1.53. The number of esters is 1. The summed E-state index contributed by atoms with van der Waals surface area (Å²) in [6, 6.07) is 23.5. The highest BCUT2D eigenvalue weighted by Gasteiger charge is 2.10. The fourth-order valence-corrected chi connectivity index (χ4v) is 2.75. The Morgan fingerprint density at radius 1 is 0.935 bits per heavy atom. The minimum absolute atomic E-state index is 0.122. The van der Waals surface area contributed by atoms with E-state index in [1.807, 2.05) is 24.3 Å². The van der Waals surface area contributed by atoms with Crippen molar-refractivity contribution in [1.29, 1.82) is 5.26 Å². The van der Waals surface area contributed by atoms with E-state index in [1.54, 1.807) is 48.5 Å². The average molecular weight is 415 g/mol. The number of aliphatic hydroxyl groups excluding tert-OH is 1. The van der Waals surface area contributed by atoms with Crippen LogP contribution in [0.15, 0.2) is 85.5 Å². The van der Waals surface area contributed by atoms with Crippen molar-refractivity contribution >= 4 is 5.97 Å². The van der Waals surface area contributed by atoms with E-state index in [1.165, 1.54) is 0 Å². The van der Waals surface area contributed by atoms with Crippen LogP contribution in [0.25, 0.3) is 11.1 Å². The number of benzene rings is 3. The zero-order valence-corrected chi connectivity index (χ0v) is 16.7. The van der Waals surface area contributed by atoms with Crippen molar-refractivity contribution in [2.75, 3.05) is 13.2 Å². The standard InChI is InChI=1S/C25H21NO5/c1-2-24(27)30-16-15-29-22-11-9-21(10-12-22)25(28)31-23-13-7-20(8-14-23)19-5-3-18(17-26)4-6-19/h2-14,25,28H,1,15-16H2. The fraction of sp³-hybridized carbons (Fsp3) is 0.120. The molecule has 0 aliphatic heterocycles. The molecule has 0 saturated heterocycles. The van der Waals surface area contributed by atoms with E-state index in [9.17, 15) is 9.90 Å². The molecule has 6 heteroatoms. The Hall–Kier alpha value is -4.08. The molecule has 1 atom stereocenters. The van der Waals surface area contributed by atoms with Crippen LogP contribution in [0.1, 0.15) is 17.4 Å². The number of hydrogen-bond donors (Lipinski definition) is 1. The number of ether oxygens (including phenoxy) is 3. The number of carbonyl (C=O) groups excluding carboxylic acids is 1. The van der Waals surface area contributed by atoms with Crippen molar-refractivity contribution in [3.05, 3.63) is 96.6 Å². The van der Waals surface area contributed by atoms with Crippen LogP contribution in [-0.4, -0.2) is 24.3 Å². The molecule has 156 valence electrons. The van der Waals surface area contributed by atoms with Gasteiger partial charge in [0.05, 0.1) is 11.6 Å². The molecule has 0 radical (unpaired) electrons. The molecule has 0 heterocycles. The molecule has 3 aromatic rings. The van der Waals surface area contributed by atoms with Gasteiger partial charge in [0, 0.05) is 11.6 Å². The molecule has 0 bridgehead atoms. The van der Waals surface area contributed by atoms with Crippen LogP contribution >= 0.6 is 0 Å². The van der Waals surface area contributed by atoms with Crippen molar-refractivity contribution < 1.29 is 24.1 Å². The maximum atomic E-state index is 11.0. The number of nitriles is 1. The second-order valence-corrected chi connectivity index (χ2v) is 6.47. The molecule has 3 rings (SSSR count). The highest BCUT2D eigenvalue weighted by Crippen LogP contribution is 2.26. The molecule has 0 fully saturated rings. The normalized spacial score (nSPS) is 11.1. The Bertz CT molecular complexity index is 1050. The molecule has 0 aromatic heterocycles. The van der Waals surface area contributed by atoms with Crippen molar-refractivity contribution in [3.63, 3.8) is 0 Å². The van der Waals surface area contributed by atoms with Gasteiger partial charge in [0.2, 0.25) is 6.29 Å². The van der Waals surface area contributed by atoms with Gasteiger partial charge >= 0.3 is 5.97 Å². The predicted octanol–water partition coefficient (Wildman–Crippen LogP) is 4.40. The molecular weight excluding hydrogens is 394 g/mol. The summed E-state index contributed by atoms with van der Waals surface area (Å²) >= 11 is 0. The summed E-state index contributed by atoms with van der Waals surface area (Å²) in [7, 11) is 0. The second kappa shape index (κ2) is 10.6. The molecule has 1 N–H and O–H groups in total. The number of carbonyl (C=O) groups is 1. The summed E-state index contributed by atoms with van der Waals surface area (Å²) in [5, 5.41) is 19.2. The highest BCUT2D eigenvalue weighted by molar-refractivity contribution is 5.81. The number of aliphatic hydroxyl groups is 1. The van der Waals surface area contributed by atoms with Gasteiger partial charge in [-0.2, -0.15) is 5.26 Å². The molecule has 6 nitrogen and oxygen atoms in total. The largest absolute Gasteiger partial charge is 0.490 e. The van der Waals surface area contributed by atoms with Gasteiger partial charge < -0.3 is 19.3 Å². The summed E-state index contributed by atoms with van der Waals surface area (Å²) in [4.78, 5) is 11.0. The van der Waals surface area contributed by atoms with Crippen LogP contribution in [0.5, 0.6) is 11.5 Å². The quantitative estimate of drug-likeness (QED) is 0.241. The van der Waals surface area contributed by atoms with Crippen molar-refractivity contribution in [2.24, 2.45) is 0 Å². The van der Waals surface area contributed by atoms with Gasteiger partial charge in [-0.25, -0.2) is 4.79 Å². The van der Waals surface area contributed by atoms with Gasteiger partial charge in [0.25, 0.3) is 0 Å². The van der Waals surface area contributed by atoms with E-state index in [4.69, 9.17) is 19.5 Å². The third kappa shape index (κ3) is 6.20. The van der Waals surface area contributed by atoms with E-state index < -0.39 is 12.3 Å². The van der Waals surface area contributed by atoms with E-state index in [0.717, 1.165) is 17.2 Å². The first-order valence-corrected chi connectivity index (χ1v) is 9.56. The molecule has 0 aliphatic carbocycles. The fourth-order valence-electron chi connectivity index (χ4n) is 2.75. The predicted molar refractivity (Wildman–Crippen MR) is 115 cm³/mol. The van der Waals surface area contributed by atoms with Crippen LogP contribution in [-0.2, 0) is 9.53 Å². The van der Waals surface area contributed by atoms with E-state index in [-0.39, 0.29) is 13.2 Å². The summed E-state index contributed by atoms with van der Waals surface area (Å²) in [6.45, 7) is 3.65. The Morgan fingerprint density at radius 3 is 2.10 bits per heavy atom. The highest BCUT2D eigenvalue weighted by atomic mass is 16.6. The van der Waals surface area contributed by atoms with Gasteiger partial charge in [0.1, 0.15) is 24.7 Å². The molecule has 0 aliphatic rings. The molecular formula is C25H21NO5. The molecule has 3 aromatic carbocycles. The monoisotopic (exact) mass is 415 g/mol. The number of hydrogen-bond acceptors (Lipinski definition) is 6. The Morgan fingerprint density at radius 2 is 1.52 bits per heavy atom. The second-order valence-electron chi connectivity index (χ2n) is 6.47. The topological polar surface area (TPSA) is 88.8 Å². The maximum absolute atomic E-state index is 11.0. The van der Waals surface area contributed by atoms with Gasteiger partial charge in [-0.15, -0.1) is 0 Å². The first-order chi connectivity index (χ1) is 15.1. The Labute approximate surface area is 180 Å². The van der Waals surface area contributed by atoms with Crippen LogP contribution in [0.4, 0.5) is 0 Å². The van der Waals surface area contributed by atoms with Crippen molar-refractivity contribution in [1.82, 2.24) is 0 Å². The van der Waals surface area contributed by atoms with Gasteiger partial charge in [-0.3, -0.25) is 0 Å². The average Bonchev–Trinajstić information content (AvgIpc) is 2.82. The van der Waals surface area contributed by atoms with Crippen LogP contribution < -0.4 is 9.47 Å². The van der Waals surface area contributed by atoms with E-state index in [0.29, 0.717) is 22.6 Å². The zero-order valence-electron chi connectivity index (χ0n) is 16.7. The lowest BCUT2D eigenvalue weighted by atomic mass is 10.0. The van der Waals surface area contributed by atoms with E-state index >= 15 is 0 Å². The van der Waals surface area contributed by atoms with Gasteiger partial charge in [-0.05, 0) is 59.7 Å². The van der Waals surface area contributed by atoms with Crippen LogP contribution in [0, 0.1) is 11.3 Å². The van der Waals surface area contributed by atoms with E-state index in [2.05, 4.69) is 12.6 Å². The minimum atomic E-state index is -1.14. The molecule has 1 unspecified atom stereocenters. The zero-order chi connectivity index (χ0) is 22.1. The molecule has 0 saturated carbocycles. The van der Waals surface area contributed by atoms with Gasteiger partial charge in [-0.1, -0.05) is 30.8 Å². The number of nitrogens with zero attached hydrogens (tertiary/aromatic N) is 1. The first-order valence-electron chi connectivity index (χ1n) is 9.56. The smallest absolute Gasteiger partial charge is 0.330 e. The number of rotatable bonds is 9. The first kappa shape index (κ1) is 21.6. The van der Waals surface area contributed by atoms with Crippen molar-refractivity contribution in [2.45, 2.75) is 6.29 Å². The SMILES string of the molecule is C=CC(=O)OCCOc1ccc(C(O)Oc2ccc(-c3ccc(C#N)cc3)cc2)cc1. The van der Waals surface area contributed by atoms with Crippen LogP contribution in [0.3, 0.4) is 0 Å². The summed E-state index contributed by atoms with van der Waals surface area (Å²) in [5.74, 6) is 0.607. The summed E-state index contributed by atoms with van der Waals surface area (Å²) in [5.41, 5.74) is 3.15. The van der Waals surface area contributed by atoms with Crippen LogP contribution in [0.2, 0.25) is 0 Å². The van der Waals surface area contributed by atoms with Crippen molar-refractivity contribution in [3.8, 4) is 28.7 Å². The third-order valence-corrected chi connectivity index (χ3v) is 4.38. The lowest BCUT2D eigenvalue weighted by Crippen LogP contribution is -2.10. The lowest BCUT2D eigenvalue weighted by molar-refractivity contribution is -0.138. The summed E-state index contributed by atoms with van der Waals surface area (Å²) < 4.78 is 15.9.